The Balaban J connectivity index is 0.00000196. The molecule has 0 radical (unpaired) electrons. The highest BCUT2D eigenvalue weighted by molar-refractivity contribution is 5.85. The molecule has 1 saturated carbocycles. The average molecular weight is 444 g/mol. The summed E-state index contributed by atoms with van der Waals surface area (Å²) in [5.41, 5.74) is 6.67. The first-order valence-corrected chi connectivity index (χ1v) is 8.96. The van der Waals surface area contributed by atoms with E-state index in [2.05, 4.69) is 10.1 Å². The van der Waals surface area contributed by atoms with Gasteiger partial charge in [-0.2, -0.15) is 0 Å². The Morgan fingerprint density at radius 3 is 2.64 bits per heavy atom. The van der Waals surface area contributed by atoms with Crippen molar-refractivity contribution in [2.24, 2.45) is 11.7 Å². The summed E-state index contributed by atoms with van der Waals surface area (Å²) < 4.78 is 41.0. The van der Waals surface area contributed by atoms with Crippen LogP contribution in [0.5, 0.6) is 5.75 Å². The van der Waals surface area contributed by atoms with Crippen LogP contribution in [0, 0.1) is 5.92 Å². The van der Waals surface area contributed by atoms with Crippen LogP contribution in [-0.2, 0) is 4.79 Å². The summed E-state index contributed by atoms with van der Waals surface area (Å²) in [6.07, 6.45) is -0.448. The number of amides is 1. The molecule has 3 N–H and O–H groups in total. The Morgan fingerprint density at radius 2 is 2.00 bits per heavy atom. The third kappa shape index (κ3) is 6.90. The van der Waals surface area contributed by atoms with Gasteiger partial charge in [0.05, 0.1) is 0 Å². The lowest BCUT2D eigenvalue weighted by molar-refractivity contribution is -0.274. The van der Waals surface area contributed by atoms with Gasteiger partial charge in [-0.1, -0.05) is 12.5 Å². The molecule has 1 aliphatic heterocycles. The van der Waals surface area contributed by atoms with Crippen LogP contribution in [-0.4, -0.2) is 37.4 Å². The monoisotopic (exact) mass is 443 g/mol. The van der Waals surface area contributed by atoms with Crippen molar-refractivity contribution in [1.29, 1.82) is 0 Å². The molecule has 1 aromatic carbocycles. The van der Waals surface area contributed by atoms with Gasteiger partial charge >= 0.3 is 6.36 Å². The number of anilines is 1. The maximum absolute atomic E-state index is 12.4. The van der Waals surface area contributed by atoms with E-state index < -0.39 is 6.36 Å². The molecule has 0 aromatic heterocycles. The third-order valence-corrected chi connectivity index (χ3v) is 5.14. The van der Waals surface area contributed by atoms with Crippen LogP contribution >= 0.6 is 24.8 Å². The summed E-state index contributed by atoms with van der Waals surface area (Å²) >= 11 is 0. The first-order chi connectivity index (χ1) is 12.3. The summed E-state index contributed by atoms with van der Waals surface area (Å²) in [4.78, 5) is 14.2. The van der Waals surface area contributed by atoms with E-state index >= 15 is 0 Å². The van der Waals surface area contributed by atoms with Crippen molar-refractivity contribution in [2.45, 2.75) is 50.6 Å². The molecule has 1 saturated heterocycles. The predicted octanol–water partition coefficient (Wildman–Crippen LogP) is 3.64. The second-order valence-electron chi connectivity index (χ2n) is 7.10. The zero-order chi connectivity index (χ0) is 18.7. The fourth-order valence-corrected chi connectivity index (χ4v) is 3.83. The Labute approximate surface area is 175 Å². The quantitative estimate of drug-likeness (QED) is 0.728. The predicted molar refractivity (Wildman–Crippen MR) is 106 cm³/mol. The number of rotatable bonds is 5. The Bertz CT molecular complexity index is 649. The minimum absolute atomic E-state index is 0. The number of ether oxygens (including phenoxy) is 1. The molecule has 2 fully saturated rings. The number of alkyl halides is 3. The molecule has 1 amide bonds. The van der Waals surface area contributed by atoms with Gasteiger partial charge in [-0.25, -0.2) is 0 Å². The molecule has 2 aliphatic rings. The van der Waals surface area contributed by atoms with Gasteiger partial charge < -0.3 is 20.7 Å². The van der Waals surface area contributed by atoms with Gasteiger partial charge in [0.25, 0.3) is 0 Å². The highest BCUT2D eigenvalue weighted by Gasteiger charge is 2.32. The fraction of sp³-hybridized carbons (Fsp3) is 0.611. The minimum Gasteiger partial charge on any atom is -0.406 e. The highest BCUT2D eigenvalue weighted by Crippen LogP contribution is 2.29. The van der Waals surface area contributed by atoms with Crippen molar-refractivity contribution >= 4 is 36.4 Å². The molecule has 1 aliphatic carbocycles. The van der Waals surface area contributed by atoms with Crippen molar-refractivity contribution in [3.63, 3.8) is 0 Å². The van der Waals surface area contributed by atoms with E-state index in [-0.39, 0.29) is 54.5 Å². The number of halogens is 5. The molecule has 28 heavy (non-hydrogen) atoms. The lowest BCUT2D eigenvalue weighted by Gasteiger charge is -2.21. The summed E-state index contributed by atoms with van der Waals surface area (Å²) in [7, 11) is 0. The molecule has 3 atom stereocenters. The van der Waals surface area contributed by atoms with Gasteiger partial charge in [-0.15, -0.1) is 38.0 Å². The lowest BCUT2D eigenvalue weighted by Crippen LogP contribution is -2.39. The van der Waals surface area contributed by atoms with E-state index in [4.69, 9.17) is 5.73 Å². The number of benzene rings is 1. The first-order valence-electron chi connectivity index (χ1n) is 8.96. The SMILES string of the molecule is Cl.Cl.N[C@@H]1CCC[C@H]1CC(=O)NC1CCN(c2cccc(OC(F)(F)F)c2)C1. The van der Waals surface area contributed by atoms with E-state index in [0.29, 0.717) is 25.2 Å². The van der Waals surface area contributed by atoms with Crippen LogP contribution in [0.2, 0.25) is 0 Å². The number of nitrogens with one attached hydrogen (secondary N) is 1. The van der Waals surface area contributed by atoms with Crippen molar-refractivity contribution in [3.8, 4) is 5.75 Å². The molecule has 0 spiro atoms. The molecular weight excluding hydrogens is 418 g/mol. The van der Waals surface area contributed by atoms with E-state index in [1.807, 2.05) is 4.90 Å². The molecule has 5 nitrogen and oxygen atoms in total. The average Bonchev–Trinajstić information content (AvgIpc) is 3.16. The maximum Gasteiger partial charge on any atom is 0.573 e. The van der Waals surface area contributed by atoms with Crippen LogP contribution in [0.1, 0.15) is 32.1 Å². The van der Waals surface area contributed by atoms with Crippen molar-refractivity contribution in [2.75, 3.05) is 18.0 Å². The van der Waals surface area contributed by atoms with Gasteiger partial charge in [0, 0.05) is 43.3 Å². The lowest BCUT2D eigenvalue weighted by atomic mass is 9.99. The van der Waals surface area contributed by atoms with E-state index in [0.717, 1.165) is 25.7 Å². The van der Waals surface area contributed by atoms with Gasteiger partial charge in [-0.3, -0.25) is 4.79 Å². The molecule has 1 aromatic rings. The first kappa shape index (κ1) is 24.7. The molecule has 1 unspecified atom stereocenters. The number of nitrogens with zero attached hydrogens (tertiary/aromatic N) is 1. The van der Waals surface area contributed by atoms with Crippen LogP contribution in [0.25, 0.3) is 0 Å². The zero-order valence-corrected chi connectivity index (χ0v) is 16.9. The summed E-state index contributed by atoms with van der Waals surface area (Å²) in [5.74, 6) is 0.0229. The van der Waals surface area contributed by atoms with Crippen LogP contribution in [0.3, 0.4) is 0 Å². The Morgan fingerprint density at radius 1 is 1.25 bits per heavy atom. The second-order valence-corrected chi connectivity index (χ2v) is 7.10. The number of carbonyl (C=O) groups excluding carboxylic acids is 1. The number of nitrogens with two attached hydrogens (primary N) is 1. The smallest absolute Gasteiger partial charge is 0.406 e. The summed E-state index contributed by atoms with van der Waals surface area (Å²) in [5, 5.41) is 3.03. The van der Waals surface area contributed by atoms with Crippen LogP contribution < -0.4 is 20.7 Å². The van der Waals surface area contributed by atoms with E-state index in [1.54, 1.807) is 6.07 Å². The maximum atomic E-state index is 12.4. The van der Waals surface area contributed by atoms with Crippen molar-refractivity contribution in [1.82, 2.24) is 5.32 Å². The van der Waals surface area contributed by atoms with Gasteiger partial charge in [0.15, 0.2) is 0 Å². The normalized spacial score (nSPS) is 24.3. The minimum atomic E-state index is -4.71. The third-order valence-electron chi connectivity index (χ3n) is 5.14. The molecule has 3 rings (SSSR count). The largest absolute Gasteiger partial charge is 0.573 e. The van der Waals surface area contributed by atoms with Crippen molar-refractivity contribution in [3.05, 3.63) is 24.3 Å². The number of carbonyl (C=O) groups is 1. The topological polar surface area (TPSA) is 67.6 Å². The van der Waals surface area contributed by atoms with Crippen molar-refractivity contribution < 1.29 is 22.7 Å². The molecule has 1 heterocycles. The van der Waals surface area contributed by atoms with Crippen LogP contribution in [0.15, 0.2) is 24.3 Å². The molecule has 160 valence electrons. The van der Waals surface area contributed by atoms with E-state index in [9.17, 15) is 18.0 Å². The molecule has 10 heteroatoms. The Hall–Kier alpha value is -1.38. The Kier molecular flexibility index (Phi) is 9.17. The standard InChI is InChI=1S/C18H24F3N3O2.2ClH/c19-18(20,21)26-15-5-2-4-14(10-15)24-8-7-13(11-24)23-17(25)9-12-3-1-6-16(12)22;;/h2,4-5,10,12-13,16H,1,3,6-9,11,22H2,(H,23,25);2*1H/t12-,13?,16+;;/m0../s1. The van der Waals surface area contributed by atoms with E-state index in [1.165, 1.54) is 18.2 Å². The summed E-state index contributed by atoms with van der Waals surface area (Å²) in [6.45, 7) is 1.24. The fourth-order valence-electron chi connectivity index (χ4n) is 3.83. The second kappa shape index (κ2) is 10.4. The van der Waals surface area contributed by atoms with Gasteiger partial charge in [0.1, 0.15) is 5.75 Å². The van der Waals surface area contributed by atoms with Gasteiger partial charge in [-0.05, 0) is 37.3 Å². The highest BCUT2D eigenvalue weighted by atomic mass is 35.5. The van der Waals surface area contributed by atoms with Gasteiger partial charge in [0.2, 0.25) is 5.91 Å². The van der Waals surface area contributed by atoms with Crippen LogP contribution in [0.4, 0.5) is 18.9 Å². The molecule has 0 bridgehead atoms. The number of hydrogen-bond donors (Lipinski definition) is 2. The number of hydrogen-bond acceptors (Lipinski definition) is 4. The summed E-state index contributed by atoms with van der Waals surface area (Å²) in [6, 6.07) is 6.02. The molecular formula is C18H26Cl2F3N3O2. The zero-order valence-electron chi connectivity index (χ0n) is 15.3.